The van der Waals surface area contributed by atoms with Gasteiger partial charge in [0.15, 0.2) is 0 Å². The lowest BCUT2D eigenvalue weighted by Crippen LogP contribution is -2.45. The molecule has 0 radical (unpaired) electrons. The number of carbonyl (C=O) groups is 1. The molecule has 2 atom stereocenters. The predicted octanol–water partition coefficient (Wildman–Crippen LogP) is 1.12. The highest BCUT2D eigenvalue weighted by molar-refractivity contribution is 5.96. The first-order valence-corrected chi connectivity index (χ1v) is 6.20. The van der Waals surface area contributed by atoms with Gasteiger partial charge in [-0.25, -0.2) is 4.98 Å². The molecule has 0 spiro atoms. The average Bonchev–Trinajstić information content (AvgIpc) is 2.41. The van der Waals surface area contributed by atoms with E-state index >= 15 is 0 Å². The molecular weight excluding hydrogens is 232 g/mol. The van der Waals surface area contributed by atoms with Crippen LogP contribution in [-0.4, -0.2) is 35.3 Å². The summed E-state index contributed by atoms with van der Waals surface area (Å²) in [5, 5.41) is 12.7. The van der Waals surface area contributed by atoms with Crippen molar-refractivity contribution in [1.82, 2.24) is 10.3 Å². The van der Waals surface area contributed by atoms with E-state index in [-0.39, 0.29) is 11.9 Å². The summed E-state index contributed by atoms with van der Waals surface area (Å²) in [5.41, 5.74) is 0.401. The highest BCUT2D eigenvalue weighted by Gasteiger charge is 2.25. The molecule has 1 aliphatic carbocycles. The third kappa shape index (κ3) is 2.79. The number of hydrogen-bond donors (Lipinski definition) is 2. The lowest BCUT2D eigenvalue weighted by atomic mass is 9.92. The van der Waals surface area contributed by atoms with Gasteiger partial charge in [-0.2, -0.15) is 0 Å². The molecule has 0 unspecified atom stereocenters. The Morgan fingerprint density at radius 1 is 1.50 bits per heavy atom. The fraction of sp³-hybridized carbons (Fsp3) is 0.538. The first-order valence-electron chi connectivity index (χ1n) is 6.20. The molecule has 5 nitrogen and oxygen atoms in total. The van der Waals surface area contributed by atoms with Gasteiger partial charge in [0.1, 0.15) is 5.56 Å². The van der Waals surface area contributed by atoms with Crippen molar-refractivity contribution >= 4 is 5.91 Å². The van der Waals surface area contributed by atoms with E-state index < -0.39 is 6.10 Å². The number of pyridine rings is 1. The molecule has 1 aromatic heterocycles. The summed E-state index contributed by atoms with van der Waals surface area (Å²) >= 11 is 0. The minimum atomic E-state index is -0.453. The largest absolute Gasteiger partial charge is 0.480 e. The second-order valence-corrected chi connectivity index (χ2v) is 4.49. The molecule has 18 heavy (non-hydrogen) atoms. The molecule has 1 saturated carbocycles. The number of aliphatic hydroxyl groups is 1. The number of nitrogens with zero attached hydrogens (tertiary/aromatic N) is 1. The lowest BCUT2D eigenvalue weighted by Gasteiger charge is -2.28. The highest BCUT2D eigenvalue weighted by Crippen LogP contribution is 2.20. The molecule has 98 valence electrons. The molecule has 0 bridgehead atoms. The van der Waals surface area contributed by atoms with Crippen LogP contribution in [0.4, 0.5) is 0 Å². The molecule has 1 fully saturated rings. The highest BCUT2D eigenvalue weighted by atomic mass is 16.5. The summed E-state index contributed by atoms with van der Waals surface area (Å²) in [7, 11) is 1.48. The Balaban J connectivity index is 2.07. The van der Waals surface area contributed by atoms with Crippen LogP contribution < -0.4 is 10.1 Å². The number of aliphatic hydroxyl groups excluding tert-OH is 1. The second-order valence-electron chi connectivity index (χ2n) is 4.49. The Hall–Kier alpha value is -1.62. The summed E-state index contributed by atoms with van der Waals surface area (Å²) in [6.45, 7) is 0. The third-order valence-corrected chi connectivity index (χ3v) is 3.26. The first-order chi connectivity index (χ1) is 8.72. The summed E-state index contributed by atoms with van der Waals surface area (Å²) < 4.78 is 5.05. The Morgan fingerprint density at radius 3 is 3.00 bits per heavy atom. The van der Waals surface area contributed by atoms with Gasteiger partial charge in [-0.05, 0) is 25.0 Å². The number of hydrogen-bond acceptors (Lipinski definition) is 4. The number of rotatable bonds is 3. The zero-order valence-electron chi connectivity index (χ0n) is 10.4. The normalized spacial score (nSPS) is 23.4. The first kappa shape index (κ1) is 12.8. The topological polar surface area (TPSA) is 71.5 Å². The molecule has 1 aromatic rings. The maximum atomic E-state index is 12.1. The smallest absolute Gasteiger partial charge is 0.257 e. The Morgan fingerprint density at radius 2 is 2.28 bits per heavy atom. The van der Waals surface area contributed by atoms with E-state index in [1.54, 1.807) is 18.3 Å². The molecular formula is C13H18N2O3. The number of nitrogens with one attached hydrogen (secondary N) is 1. The lowest BCUT2D eigenvalue weighted by molar-refractivity contribution is 0.0714. The van der Waals surface area contributed by atoms with E-state index in [1.165, 1.54) is 7.11 Å². The Kier molecular flexibility index (Phi) is 4.15. The minimum Gasteiger partial charge on any atom is -0.480 e. The maximum Gasteiger partial charge on any atom is 0.257 e. The van der Waals surface area contributed by atoms with E-state index in [2.05, 4.69) is 10.3 Å². The quantitative estimate of drug-likeness (QED) is 0.843. The van der Waals surface area contributed by atoms with Crippen molar-refractivity contribution in [2.75, 3.05) is 7.11 Å². The predicted molar refractivity (Wildman–Crippen MR) is 66.5 cm³/mol. The summed E-state index contributed by atoms with van der Waals surface area (Å²) in [6.07, 6.45) is 4.73. The molecule has 1 heterocycles. The van der Waals surface area contributed by atoms with Crippen molar-refractivity contribution in [3.05, 3.63) is 23.9 Å². The van der Waals surface area contributed by atoms with Crippen LogP contribution in [0.1, 0.15) is 36.0 Å². The van der Waals surface area contributed by atoms with Crippen LogP contribution >= 0.6 is 0 Å². The van der Waals surface area contributed by atoms with E-state index in [0.29, 0.717) is 11.4 Å². The summed E-state index contributed by atoms with van der Waals surface area (Å²) in [6, 6.07) is 3.18. The molecule has 0 aliphatic heterocycles. The van der Waals surface area contributed by atoms with Crippen molar-refractivity contribution in [2.45, 2.75) is 37.8 Å². The molecule has 0 saturated heterocycles. The fourth-order valence-electron chi connectivity index (χ4n) is 2.25. The van der Waals surface area contributed by atoms with Gasteiger partial charge < -0.3 is 15.2 Å². The fourth-order valence-corrected chi connectivity index (χ4v) is 2.25. The van der Waals surface area contributed by atoms with Crippen molar-refractivity contribution < 1.29 is 14.6 Å². The van der Waals surface area contributed by atoms with E-state index in [1.807, 2.05) is 0 Å². The van der Waals surface area contributed by atoms with Gasteiger partial charge in [0.05, 0.1) is 19.3 Å². The van der Waals surface area contributed by atoms with Crippen LogP contribution in [0.15, 0.2) is 18.3 Å². The van der Waals surface area contributed by atoms with Crippen LogP contribution in [0.3, 0.4) is 0 Å². The van der Waals surface area contributed by atoms with Crippen LogP contribution in [0.5, 0.6) is 5.88 Å². The number of ether oxygens (including phenoxy) is 1. The van der Waals surface area contributed by atoms with Gasteiger partial charge in [-0.15, -0.1) is 0 Å². The van der Waals surface area contributed by atoms with Crippen molar-refractivity contribution in [2.24, 2.45) is 0 Å². The Labute approximate surface area is 106 Å². The van der Waals surface area contributed by atoms with E-state index in [9.17, 15) is 9.90 Å². The summed E-state index contributed by atoms with van der Waals surface area (Å²) in [4.78, 5) is 16.1. The SMILES string of the molecule is COc1ncccc1C(=O)N[C@@H]1CCCC[C@H]1O. The van der Waals surface area contributed by atoms with Gasteiger partial charge in [0.25, 0.3) is 5.91 Å². The average molecular weight is 250 g/mol. The standard InChI is InChI=1S/C13H18N2O3/c1-18-13-9(5-4-8-14-13)12(17)15-10-6-2-3-7-11(10)16/h4-5,8,10-11,16H,2-3,6-7H2,1H3,(H,15,17)/t10-,11-/m1/s1. The number of aromatic nitrogens is 1. The zero-order valence-corrected chi connectivity index (χ0v) is 10.4. The van der Waals surface area contributed by atoms with Gasteiger partial charge in [-0.1, -0.05) is 12.8 Å². The van der Waals surface area contributed by atoms with E-state index in [0.717, 1.165) is 25.7 Å². The number of amides is 1. The molecule has 5 heteroatoms. The second kappa shape index (κ2) is 5.82. The van der Waals surface area contributed by atoms with Crippen molar-refractivity contribution in [3.8, 4) is 5.88 Å². The van der Waals surface area contributed by atoms with Crippen LogP contribution in [-0.2, 0) is 0 Å². The minimum absolute atomic E-state index is 0.170. The molecule has 0 aromatic carbocycles. The van der Waals surface area contributed by atoms with Crippen LogP contribution in [0.25, 0.3) is 0 Å². The maximum absolute atomic E-state index is 12.1. The molecule has 1 amide bonds. The van der Waals surface area contributed by atoms with Crippen LogP contribution in [0.2, 0.25) is 0 Å². The van der Waals surface area contributed by atoms with Crippen molar-refractivity contribution in [3.63, 3.8) is 0 Å². The molecule has 2 N–H and O–H groups in total. The Bertz CT molecular complexity index is 422. The van der Waals surface area contributed by atoms with Gasteiger partial charge in [0, 0.05) is 6.20 Å². The zero-order chi connectivity index (χ0) is 13.0. The van der Waals surface area contributed by atoms with Gasteiger partial charge >= 0.3 is 0 Å². The summed E-state index contributed by atoms with van der Waals surface area (Å²) in [5.74, 6) is 0.0613. The molecule has 2 rings (SSSR count). The third-order valence-electron chi connectivity index (χ3n) is 3.26. The van der Waals surface area contributed by atoms with Crippen LogP contribution in [0, 0.1) is 0 Å². The molecule has 1 aliphatic rings. The number of methoxy groups -OCH3 is 1. The van der Waals surface area contributed by atoms with E-state index in [4.69, 9.17) is 4.74 Å². The van der Waals surface area contributed by atoms with Crippen molar-refractivity contribution in [1.29, 1.82) is 0 Å². The monoisotopic (exact) mass is 250 g/mol. The van der Waals surface area contributed by atoms with Gasteiger partial charge in [-0.3, -0.25) is 4.79 Å². The number of carbonyl (C=O) groups excluding carboxylic acids is 1. The van der Waals surface area contributed by atoms with Gasteiger partial charge in [0.2, 0.25) is 5.88 Å².